The number of aryl methyl sites for hydroxylation is 1. The van der Waals surface area contributed by atoms with Crippen LogP contribution in [0.2, 0.25) is 0 Å². The zero-order valence-corrected chi connectivity index (χ0v) is 27.9. The predicted molar refractivity (Wildman–Crippen MR) is 179 cm³/mol. The topological polar surface area (TPSA) is 75.1 Å². The van der Waals surface area contributed by atoms with Crippen LogP contribution in [0.25, 0.3) is 11.3 Å². The van der Waals surface area contributed by atoms with Crippen molar-refractivity contribution in [2.24, 2.45) is 5.92 Å². The number of thiazole rings is 1. The van der Waals surface area contributed by atoms with E-state index in [0.717, 1.165) is 47.2 Å². The van der Waals surface area contributed by atoms with Crippen molar-refractivity contribution in [3.63, 3.8) is 0 Å². The van der Waals surface area contributed by atoms with Gasteiger partial charge in [0.25, 0.3) is 0 Å². The molecule has 3 heterocycles. The number of aliphatic carboxylic acids is 1. The molecule has 1 aromatic heterocycles. The summed E-state index contributed by atoms with van der Waals surface area (Å²) in [6.45, 7) is 13.0. The Labute approximate surface area is 267 Å². The molecule has 2 aliphatic rings. The second-order valence-corrected chi connectivity index (χ2v) is 13.5. The molecule has 0 radical (unpaired) electrons. The van der Waals surface area contributed by atoms with E-state index in [2.05, 4.69) is 79.3 Å². The quantitative estimate of drug-likeness (QED) is 0.224. The van der Waals surface area contributed by atoms with Gasteiger partial charge < -0.3 is 19.5 Å². The maximum Gasteiger partial charge on any atom is 0.309 e. The Bertz CT molecular complexity index is 1400. The molecule has 1 N–H and O–H groups in total. The lowest BCUT2D eigenvalue weighted by atomic mass is 9.93. The van der Waals surface area contributed by atoms with Crippen LogP contribution in [0.1, 0.15) is 81.0 Å². The third kappa shape index (κ3) is 7.30. The minimum Gasteiger partial charge on any atom is -0.488 e. The summed E-state index contributed by atoms with van der Waals surface area (Å²) in [5.74, 6) is 0.0713. The predicted octanol–water partition coefficient (Wildman–Crippen LogP) is 7.55. The number of carboxylic acid groups (broad SMARTS) is 1. The molecule has 0 bridgehead atoms. The van der Waals surface area contributed by atoms with E-state index in [9.17, 15) is 9.90 Å². The lowest BCUT2D eigenvalue weighted by Gasteiger charge is -2.35. The second-order valence-electron chi connectivity index (χ2n) is 12.6. The van der Waals surface area contributed by atoms with Crippen LogP contribution >= 0.6 is 11.3 Å². The van der Waals surface area contributed by atoms with E-state index in [-0.39, 0.29) is 6.10 Å². The van der Waals surface area contributed by atoms with Crippen molar-refractivity contribution in [1.29, 1.82) is 0 Å². The van der Waals surface area contributed by atoms with Gasteiger partial charge >= 0.3 is 5.97 Å². The lowest BCUT2D eigenvalue weighted by Crippen LogP contribution is -2.47. The number of fused-ring (bicyclic) bond motifs is 1. The third-order valence-corrected chi connectivity index (χ3v) is 10.4. The first kappa shape index (κ1) is 32.5. The molecule has 2 aliphatic heterocycles. The molecule has 3 atom stereocenters. The standard InChI is InChI=1S/C36H49N3O4S/c1-6-9-28(10-7-2)38-17-15-27-14-13-26(19-31(27)25(4)20-38)22-43-34-24(3)11-8-12-29(34)32-23-44-36(37-32)39-18-16-30(35(40)41)33(21-39)42-5/h8,11-14,19,23,25,28,30,33H,6-7,9-10,15-18,20-22H2,1-5H3,(H,40,41)/t25-,30+,33-/m0/s1. The summed E-state index contributed by atoms with van der Waals surface area (Å²) in [4.78, 5) is 21.5. The van der Waals surface area contributed by atoms with Crippen molar-refractivity contribution < 1.29 is 19.4 Å². The summed E-state index contributed by atoms with van der Waals surface area (Å²) < 4.78 is 12.1. The summed E-state index contributed by atoms with van der Waals surface area (Å²) >= 11 is 1.58. The number of methoxy groups -OCH3 is 1. The molecule has 7 nitrogen and oxygen atoms in total. The van der Waals surface area contributed by atoms with E-state index in [4.69, 9.17) is 14.5 Å². The van der Waals surface area contributed by atoms with E-state index >= 15 is 0 Å². The van der Waals surface area contributed by atoms with Gasteiger partial charge in [0, 0.05) is 50.3 Å². The van der Waals surface area contributed by atoms with Crippen LogP contribution in [0, 0.1) is 12.8 Å². The Kier molecular flexibility index (Phi) is 11.0. The van der Waals surface area contributed by atoms with Gasteiger partial charge in [0.15, 0.2) is 5.13 Å². The molecule has 2 aromatic carbocycles. The molecule has 0 amide bonds. The number of nitrogens with zero attached hydrogens (tertiary/aromatic N) is 3. The minimum atomic E-state index is -0.795. The highest BCUT2D eigenvalue weighted by Crippen LogP contribution is 2.37. The van der Waals surface area contributed by atoms with Gasteiger partial charge in [-0.2, -0.15) is 0 Å². The van der Waals surface area contributed by atoms with Gasteiger partial charge in [-0.25, -0.2) is 4.98 Å². The minimum absolute atomic E-state index is 0.354. The van der Waals surface area contributed by atoms with E-state index in [0.29, 0.717) is 38.1 Å². The number of benzene rings is 2. The molecule has 44 heavy (non-hydrogen) atoms. The van der Waals surface area contributed by atoms with E-state index in [1.165, 1.54) is 42.4 Å². The Hall–Kier alpha value is -2.94. The summed E-state index contributed by atoms with van der Waals surface area (Å²) in [6.07, 6.45) is 6.35. The van der Waals surface area contributed by atoms with Gasteiger partial charge in [0.2, 0.25) is 0 Å². The zero-order chi connectivity index (χ0) is 31.2. The monoisotopic (exact) mass is 619 g/mol. The number of para-hydroxylation sites is 1. The highest BCUT2D eigenvalue weighted by atomic mass is 32.1. The van der Waals surface area contributed by atoms with Gasteiger partial charge in [-0.1, -0.05) is 63.9 Å². The van der Waals surface area contributed by atoms with Crippen LogP contribution in [0.15, 0.2) is 41.8 Å². The maximum absolute atomic E-state index is 11.6. The van der Waals surface area contributed by atoms with Crippen LogP contribution < -0.4 is 9.64 Å². The maximum atomic E-state index is 11.6. The second kappa shape index (κ2) is 14.9. The summed E-state index contributed by atoms with van der Waals surface area (Å²) in [5, 5.41) is 12.5. The molecule has 0 unspecified atom stereocenters. The Morgan fingerprint density at radius 2 is 1.93 bits per heavy atom. The van der Waals surface area contributed by atoms with Crippen LogP contribution in [0.4, 0.5) is 5.13 Å². The van der Waals surface area contributed by atoms with E-state index in [1.54, 1.807) is 18.4 Å². The summed E-state index contributed by atoms with van der Waals surface area (Å²) in [7, 11) is 1.59. The molecule has 238 valence electrons. The highest BCUT2D eigenvalue weighted by Gasteiger charge is 2.35. The molecule has 3 aromatic rings. The molecule has 0 saturated carbocycles. The number of carbonyl (C=O) groups is 1. The third-order valence-electron chi connectivity index (χ3n) is 9.49. The van der Waals surface area contributed by atoms with Crippen LogP contribution in [0.5, 0.6) is 5.75 Å². The molecular formula is C36H49N3O4S. The smallest absolute Gasteiger partial charge is 0.309 e. The number of carboxylic acids is 1. The van der Waals surface area contributed by atoms with Crippen molar-refractivity contribution in [3.05, 3.63) is 64.0 Å². The summed E-state index contributed by atoms with van der Waals surface area (Å²) in [5.41, 5.74) is 7.08. The fourth-order valence-corrected chi connectivity index (χ4v) is 7.94. The number of aromatic nitrogens is 1. The molecule has 0 spiro atoms. The van der Waals surface area contributed by atoms with Crippen molar-refractivity contribution in [2.45, 2.75) is 90.9 Å². The molecular weight excluding hydrogens is 570 g/mol. The first-order chi connectivity index (χ1) is 21.3. The first-order valence-electron chi connectivity index (χ1n) is 16.4. The molecule has 1 fully saturated rings. The van der Waals surface area contributed by atoms with E-state index in [1.807, 2.05) is 0 Å². The Morgan fingerprint density at radius 3 is 2.66 bits per heavy atom. The van der Waals surface area contributed by atoms with Crippen LogP contribution in [-0.4, -0.2) is 66.4 Å². The Morgan fingerprint density at radius 1 is 1.14 bits per heavy atom. The molecule has 8 heteroatoms. The fraction of sp³-hybridized carbons (Fsp3) is 0.556. The molecule has 1 saturated heterocycles. The summed E-state index contributed by atoms with van der Waals surface area (Å²) in [6, 6.07) is 13.8. The average molecular weight is 620 g/mol. The Balaban J connectivity index is 1.30. The first-order valence-corrected chi connectivity index (χ1v) is 17.2. The van der Waals surface area contributed by atoms with Gasteiger partial charge in [-0.05, 0) is 66.8 Å². The number of piperidine rings is 1. The number of ether oxygens (including phenoxy) is 2. The largest absolute Gasteiger partial charge is 0.488 e. The fourth-order valence-electron chi connectivity index (χ4n) is 7.08. The van der Waals surface area contributed by atoms with Crippen molar-refractivity contribution in [2.75, 3.05) is 38.2 Å². The van der Waals surface area contributed by atoms with Gasteiger partial charge in [0.05, 0.1) is 17.7 Å². The lowest BCUT2D eigenvalue weighted by molar-refractivity contribution is -0.147. The number of rotatable bonds is 12. The van der Waals surface area contributed by atoms with Gasteiger partial charge in [-0.15, -0.1) is 11.3 Å². The molecule has 5 rings (SSSR count). The normalized spacial score (nSPS) is 20.9. The van der Waals surface area contributed by atoms with Crippen LogP contribution in [0.3, 0.4) is 0 Å². The van der Waals surface area contributed by atoms with Crippen LogP contribution in [-0.2, 0) is 22.6 Å². The van der Waals surface area contributed by atoms with Gasteiger partial charge in [-0.3, -0.25) is 9.69 Å². The average Bonchev–Trinajstić information content (AvgIpc) is 3.46. The number of anilines is 1. The van der Waals surface area contributed by atoms with Crippen molar-refractivity contribution >= 4 is 22.4 Å². The number of hydrogen-bond acceptors (Lipinski definition) is 7. The van der Waals surface area contributed by atoms with E-state index < -0.39 is 11.9 Å². The highest BCUT2D eigenvalue weighted by molar-refractivity contribution is 7.14. The van der Waals surface area contributed by atoms with Crippen molar-refractivity contribution in [3.8, 4) is 17.0 Å². The number of hydrogen-bond donors (Lipinski definition) is 1. The van der Waals surface area contributed by atoms with Crippen molar-refractivity contribution in [1.82, 2.24) is 9.88 Å². The van der Waals surface area contributed by atoms with Gasteiger partial charge in [0.1, 0.15) is 12.4 Å². The zero-order valence-electron chi connectivity index (χ0n) is 27.1. The molecule has 0 aliphatic carbocycles. The SMILES string of the molecule is CCCC(CCC)N1CCc2ccc(COc3c(C)cccc3-c3csc(N4CC[C@@H](C(=O)O)[C@@H](OC)C4)n3)cc2[C@@H](C)C1.